The molecule has 5 heteroatoms. The molecule has 1 aliphatic heterocycles. The maximum Gasteiger partial charge on any atom is 0.257 e. The number of amides is 1. The molecule has 1 atom stereocenters. The van der Waals surface area contributed by atoms with Crippen molar-refractivity contribution in [3.8, 4) is 11.3 Å². The van der Waals surface area contributed by atoms with Crippen LogP contribution in [0, 0.1) is 19.8 Å². The third-order valence-corrected chi connectivity index (χ3v) is 6.12. The molecule has 0 bridgehead atoms. The average molecular weight is 403 g/mol. The third kappa shape index (κ3) is 4.31. The lowest BCUT2D eigenvalue weighted by atomic mass is 10.0. The maximum atomic E-state index is 12.9. The van der Waals surface area contributed by atoms with Gasteiger partial charge in [0.2, 0.25) is 5.95 Å². The summed E-state index contributed by atoms with van der Waals surface area (Å²) in [6.07, 6.45) is 3.06. The van der Waals surface area contributed by atoms with Crippen LogP contribution >= 0.6 is 0 Å². The van der Waals surface area contributed by atoms with Crippen molar-refractivity contribution in [2.75, 3.05) is 18.4 Å². The predicted molar refractivity (Wildman–Crippen MR) is 122 cm³/mol. The van der Waals surface area contributed by atoms with Crippen LogP contribution < -0.4 is 5.32 Å². The van der Waals surface area contributed by atoms with Gasteiger partial charge in [0.1, 0.15) is 0 Å². The van der Waals surface area contributed by atoms with E-state index in [1.807, 2.05) is 36.0 Å². The number of rotatable bonds is 5. The van der Waals surface area contributed by atoms with Crippen molar-refractivity contribution in [2.24, 2.45) is 13.0 Å². The molecule has 30 heavy (non-hydrogen) atoms. The number of carbonyl (C=O) groups is 1. The summed E-state index contributed by atoms with van der Waals surface area (Å²) in [5, 5.41) is 2.97. The Labute approximate surface area is 178 Å². The first-order valence-electron chi connectivity index (χ1n) is 10.6. The van der Waals surface area contributed by atoms with Gasteiger partial charge >= 0.3 is 0 Å². The number of aryl methyl sites for hydroxylation is 2. The van der Waals surface area contributed by atoms with Crippen molar-refractivity contribution in [2.45, 2.75) is 33.7 Å². The SMILES string of the molecule is Cc1ccc(-c2cnc(NC(=O)c3cccc(CN4CCC(C)C4)c3)n2C)cc1C. The highest BCUT2D eigenvalue weighted by atomic mass is 16.1. The van der Waals surface area contributed by atoms with Gasteiger partial charge in [0.25, 0.3) is 5.91 Å². The summed E-state index contributed by atoms with van der Waals surface area (Å²) in [4.78, 5) is 19.8. The zero-order valence-corrected chi connectivity index (χ0v) is 18.3. The number of nitrogens with zero attached hydrogens (tertiary/aromatic N) is 3. The van der Waals surface area contributed by atoms with Crippen LogP contribution in [0.25, 0.3) is 11.3 Å². The first-order chi connectivity index (χ1) is 14.4. The lowest BCUT2D eigenvalue weighted by molar-refractivity contribution is 0.102. The Morgan fingerprint density at radius 1 is 1.17 bits per heavy atom. The summed E-state index contributed by atoms with van der Waals surface area (Å²) in [6, 6.07) is 14.3. The van der Waals surface area contributed by atoms with Crippen LogP contribution in [0.1, 0.15) is 40.4 Å². The molecule has 1 amide bonds. The predicted octanol–water partition coefficient (Wildman–Crippen LogP) is 4.80. The molecule has 0 radical (unpaired) electrons. The zero-order chi connectivity index (χ0) is 21.3. The molecule has 1 aromatic heterocycles. The van der Waals surface area contributed by atoms with E-state index in [-0.39, 0.29) is 5.91 Å². The van der Waals surface area contributed by atoms with Crippen LogP contribution in [0.3, 0.4) is 0 Å². The van der Waals surface area contributed by atoms with Crippen molar-refractivity contribution in [3.63, 3.8) is 0 Å². The fraction of sp³-hybridized carbons (Fsp3) is 0.360. The molecule has 1 N–H and O–H groups in total. The van der Waals surface area contributed by atoms with Gasteiger partial charge in [0, 0.05) is 31.3 Å². The normalized spacial score (nSPS) is 16.7. The lowest BCUT2D eigenvalue weighted by Crippen LogP contribution is -2.20. The van der Waals surface area contributed by atoms with Crippen LogP contribution in [0.2, 0.25) is 0 Å². The van der Waals surface area contributed by atoms with Gasteiger partial charge in [-0.2, -0.15) is 0 Å². The minimum absolute atomic E-state index is 0.132. The van der Waals surface area contributed by atoms with Gasteiger partial charge in [0.15, 0.2) is 0 Å². The Hall–Kier alpha value is -2.92. The molecule has 0 spiro atoms. The summed E-state index contributed by atoms with van der Waals surface area (Å²) < 4.78 is 1.93. The molecular weight excluding hydrogens is 372 g/mol. The van der Waals surface area contributed by atoms with Crippen LogP contribution in [0.5, 0.6) is 0 Å². The Morgan fingerprint density at radius 3 is 2.73 bits per heavy atom. The first kappa shape index (κ1) is 20.4. The van der Waals surface area contributed by atoms with Gasteiger partial charge in [-0.3, -0.25) is 15.0 Å². The van der Waals surface area contributed by atoms with Crippen LogP contribution in [-0.4, -0.2) is 33.4 Å². The second-order valence-corrected chi connectivity index (χ2v) is 8.61. The van der Waals surface area contributed by atoms with E-state index >= 15 is 0 Å². The highest BCUT2D eigenvalue weighted by Crippen LogP contribution is 2.24. The molecule has 4 rings (SSSR count). The summed E-state index contributed by atoms with van der Waals surface area (Å²) in [7, 11) is 1.93. The van der Waals surface area contributed by atoms with Crippen molar-refractivity contribution in [3.05, 3.63) is 70.9 Å². The Kier molecular flexibility index (Phi) is 5.73. The molecule has 0 aliphatic carbocycles. The van der Waals surface area contributed by atoms with E-state index in [1.54, 1.807) is 0 Å². The average Bonchev–Trinajstić information content (AvgIpc) is 3.30. The second kappa shape index (κ2) is 8.44. The van der Waals surface area contributed by atoms with Crippen molar-refractivity contribution in [1.29, 1.82) is 0 Å². The standard InChI is InChI=1S/C25H30N4O/c1-17-10-11-29(15-17)16-20-6-5-7-22(13-20)24(30)27-25-26-14-23(28(25)4)21-9-8-18(2)19(3)12-21/h5-9,12-14,17H,10-11,15-16H2,1-4H3,(H,26,27,30). The van der Waals surface area contributed by atoms with Crippen LogP contribution in [0.15, 0.2) is 48.7 Å². The zero-order valence-electron chi connectivity index (χ0n) is 18.3. The number of hydrogen-bond donors (Lipinski definition) is 1. The van der Waals surface area contributed by atoms with Gasteiger partial charge in [-0.1, -0.05) is 31.2 Å². The van der Waals surface area contributed by atoms with Crippen molar-refractivity contribution >= 4 is 11.9 Å². The van der Waals surface area contributed by atoms with Crippen molar-refractivity contribution in [1.82, 2.24) is 14.5 Å². The molecule has 1 aliphatic rings. The topological polar surface area (TPSA) is 50.2 Å². The van der Waals surface area contributed by atoms with E-state index in [4.69, 9.17) is 0 Å². The number of likely N-dealkylation sites (tertiary alicyclic amines) is 1. The largest absolute Gasteiger partial charge is 0.313 e. The molecule has 156 valence electrons. The molecule has 0 saturated carbocycles. The Bertz CT molecular complexity index is 1070. The van der Waals surface area contributed by atoms with E-state index in [2.05, 4.69) is 60.2 Å². The molecule has 2 heterocycles. The smallest absolute Gasteiger partial charge is 0.257 e. The number of carbonyl (C=O) groups excluding carboxylic acids is 1. The molecule has 1 fully saturated rings. The molecule has 2 aromatic carbocycles. The number of anilines is 1. The fourth-order valence-corrected chi connectivity index (χ4v) is 4.11. The Balaban J connectivity index is 1.48. The molecule has 3 aromatic rings. The third-order valence-electron chi connectivity index (χ3n) is 6.12. The highest BCUT2D eigenvalue weighted by Gasteiger charge is 2.19. The molecular formula is C25H30N4O. The number of hydrogen-bond acceptors (Lipinski definition) is 3. The van der Waals surface area contributed by atoms with E-state index in [1.165, 1.54) is 23.1 Å². The van der Waals surface area contributed by atoms with Crippen LogP contribution in [0.4, 0.5) is 5.95 Å². The summed E-state index contributed by atoms with van der Waals surface area (Å²) in [6.45, 7) is 9.66. The summed E-state index contributed by atoms with van der Waals surface area (Å²) in [5.41, 5.74) is 6.41. The van der Waals surface area contributed by atoms with E-state index in [0.717, 1.165) is 36.8 Å². The van der Waals surface area contributed by atoms with Gasteiger partial charge in [-0.25, -0.2) is 4.98 Å². The minimum Gasteiger partial charge on any atom is -0.313 e. The van der Waals surface area contributed by atoms with Gasteiger partial charge < -0.3 is 4.57 Å². The monoisotopic (exact) mass is 402 g/mol. The molecule has 1 unspecified atom stereocenters. The second-order valence-electron chi connectivity index (χ2n) is 8.61. The lowest BCUT2D eigenvalue weighted by Gasteiger charge is -2.15. The Morgan fingerprint density at radius 2 is 2.00 bits per heavy atom. The number of benzene rings is 2. The van der Waals surface area contributed by atoms with Crippen LogP contribution in [-0.2, 0) is 13.6 Å². The summed E-state index contributed by atoms with van der Waals surface area (Å²) in [5.74, 6) is 1.17. The van der Waals surface area contributed by atoms with E-state index in [0.29, 0.717) is 11.5 Å². The quantitative estimate of drug-likeness (QED) is 0.667. The van der Waals surface area contributed by atoms with Crippen molar-refractivity contribution < 1.29 is 4.79 Å². The highest BCUT2D eigenvalue weighted by molar-refractivity contribution is 6.03. The van der Waals surface area contributed by atoms with Gasteiger partial charge in [0.05, 0.1) is 11.9 Å². The first-order valence-corrected chi connectivity index (χ1v) is 10.6. The maximum absolute atomic E-state index is 12.9. The number of imidazole rings is 1. The van der Waals surface area contributed by atoms with Gasteiger partial charge in [-0.05, 0) is 67.6 Å². The summed E-state index contributed by atoms with van der Waals surface area (Å²) >= 11 is 0. The molecule has 5 nitrogen and oxygen atoms in total. The fourth-order valence-electron chi connectivity index (χ4n) is 4.11. The van der Waals surface area contributed by atoms with E-state index in [9.17, 15) is 4.79 Å². The number of nitrogens with one attached hydrogen (secondary N) is 1. The van der Waals surface area contributed by atoms with Gasteiger partial charge in [-0.15, -0.1) is 0 Å². The number of aromatic nitrogens is 2. The molecule has 1 saturated heterocycles. The minimum atomic E-state index is -0.132. The van der Waals surface area contributed by atoms with E-state index < -0.39 is 0 Å².